The van der Waals surface area contributed by atoms with Crippen LogP contribution in [0.3, 0.4) is 0 Å². The molecule has 0 aromatic heterocycles. The van der Waals surface area contributed by atoms with Crippen LogP contribution < -0.4 is 15.4 Å². The van der Waals surface area contributed by atoms with E-state index in [4.69, 9.17) is 4.74 Å². The Morgan fingerprint density at radius 1 is 1.07 bits per heavy atom. The van der Waals surface area contributed by atoms with Crippen LogP contribution in [-0.2, 0) is 15.3 Å². The van der Waals surface area contributed by atoms with Crippen molar-refractivity contribution in [3.05, 3.63) is 29.8 Å². The lowest BCUT2D eigenvalue weighted by Crippen LogP contribution is -2.41. The van der Waals surface area contributed by atoms with E-state index < -0.39 is 28.4 Å². The van der Waals surface area contributed by atoms with E-state index in [1.807, 2.05) is 0 Å². The first-order valence-corrected chi connectivity index (χ1v) is 11.0. The molecule has 1 aromatic carbocycles. The summed E-state index contributed by atoms with van der Waals surface area (Å²) in [5, 5.41) is 4.89. The number of carbonyl (C=O) groups is 2. The number of hydrogen-bond acceptors (Lipinski definition) is 6. The van der Waals surface area contributed by atoms with Gasteiger partial charge in [0.05, 0.1) is 19.1 Å². The Morgan fingerprint density at radius 3 is 2.31 bits per heavy atom. The molecule has 0 aliphatic heterocycles. The van der Waals surface area contributed by atoms with Gasteiger partial charge in [0.25, 0.3) is 0 Å². The Labute approximate surface area is 174 Å². The summed E-state index contributed by atoms with van der Waals surface area (Å²) in [7, 11) is -0.938. The van der Waals surface area contributed by atoms with Crippen LogP contribution in [0.2, 0.25) is 0 Å². The zero-order valence-corrected chi connectivity index (χ0v) is 18.1. The summed E-state index contributed by atoms with van der Waals surface area (Å²) < 4.78 is 31.1. The van der Waals surface area contributed by atoms with Crippen molar-refractivity contribution in [2.24, 2.45) is 4.36 Å². The van der Waals surface area contributed by atoms with Gasteiger partial charge in [-0.25, -0.2) is 4.79 Å². The maximum absolute atomic E-state index is 12.7. The number of rotatable bonds is 12. The highest BCUT2D eigenvalue weighted by Crippen LogP contribution is 2.26. The Hall–Kier alpha value is -2.42. The van der Waals surface area contributed by atoms with Gasteiger partial charge in [-0.05, 0) is 43.9 Å². The van der Waals surface area contributed by atoms with E-state index in [0.29, 0.717) is 31.6 Å². The lowest BCUT2D eigenvalue weighted by molar-refractivity contribution is -0.121. The first-order valence-electron chi connectivity index (χ1n) is 9.94. The normalized spacial score (nSPS) is 12.5. The Morgan fingerprint density at radius 2 is 1.76 bits per heavy atom. The molecule has 0 aliphatic carbocycles. The van der Waals surface area contributed by atoms with E-state index in [9.17, 15) is 18.0 Å². The van der Waals surface area contributed by atoms with E-state index in [1.165, 1.54) is 0 Å². The third-order valence-corrected chi connectivity index (χ3v) is 5.04. The second kappa shape index (κ2) is 13.7. The number of imide groups is 1. The predicted molar refractivity (Wildman–Crippen MR) is 111 cm³/mol. The second-order valence-electron chi connectivity index (χ2n) is 6.72. The number of unbranched alkanes of at least 4 members (excludes halogenated alkanes) is 2. The van der Waals surface area contributed by atoms with Gasteiger partial charge < -0.3 is 10.1 Å². The summed E-state index contributed by atoms with van der Waals surface area (Å²) in [6.07, 6.45) is 4.34. The van der Waals surface area contributed by atoms with Crippen LogP contribution in [-0.4, -0.2) is 40.1 Å². The number of benzene rings is 1. The topological polar surface area (TPSA) is 114 Å². The molecule has 1 aromatic rings. The van der Waals surface area contributed by atoms with Gasteiger partial charge in [-0.3, -0.25) is 10.1 Å². The van der Waals surface area contributed by atoms with Crippen molar-refractivity contribution in [2.75, 3.05) is 13.7 Å². The van der Waals surface area contributed by atoms with E-state index in [1.54, 1.807) is 38.3 Å². The quantitative estimate of drug-likeness (QED) is 0.498. The van der Waals surface area contributed by atoms with Crippen LogP contribution in [0.5, 0.6) is 5.75 Å². The van der Waals surface area contributed by atoms with E-state index in [2.05, 4.69) is 21.9 Å². The molecule has 0 radical (unpaired) electrons. The SMILES string of the molecule is CCCCCC(CCC(C(=O)NC(=O)NCC)c1ccc(OC)cc1)N=S(=O)=O. The van der Waals surface area contributed by atoms with Crippen molar-refractivity contribution in [1.29, 1.82) is 0 Å². The third kappa shape index (κ3) is 9.56. The highest BCUT2D eigenvalue weighted by Gasteiger charge is 2.24. The Kier molecular flexibility index (Phi) is 11.6. The minimum absolute atomic E-state index is 0.370. The molecule has 0 saturated heterocycles. The lowest BCUT2D eigenvalue weighted by Gasteiger charge is -2.19. The molecule has 0 heterocycles. The van der Waals surface area contributed by atoms with Crippen molar-refractivity contribution in [1.82, 2.24) is 10.6 Å². The number of ether oxygens (including phenoxy) is 1. The van der Waals surface area contributed by atoms with Crippen LogP contribution in [0.1, 0.15) is 63.9 Å². The van der Waals surface area contributed by atoms with Crippen LogP contribution in [0.4, 0.5) is 4.79 Å². The molecular formula is C20H31N3O5S. The molecule has 8 nitrogen and oxygen atoms in total. The van der Waals surface area contributed by atoms with Gasteiger partial charge in [0, 0.05) is 6.54 Å². The van der Waals surface area contributed by atoms with Crippen LogP contribution >= 0.6 is 0 Å². The number of amides is 3. The summed E-state index contributed by atoms with van der Waals surface area (Å²) in [5.41, 5.74) is 0.725. The average molecular weight is 426 g/mol. The molecule has 0 bridgehead atoms. The zero-order valence-electron chi connectivity index (χ0n) is 17.3. The van der Waals surface area contributed by atoms with E-state index in [-0.39, 0.29) is 6.04 Å². The zero-order chi connectivity index (χ0) is 21.6. The number of nitrogens with one attached hydrogen (secondary N) is 2. The second-order valence-corrected chi connectivity index (χ2v) is 7.37. The number of nitrogens with zero attached hydrogens (tertiary/aromatic N) is 1. The third-order valence-electron chi connectivity index (χ3n) is 4.57. The van der Waals surface area contributed by atoms with Gasteiger partial charge in [-0.2, -0.15) is 12.8 Å². The standard InChI is InChI=1S/C20H31N3O5S/c1-4-6-7-8-16(23-29(26)27)11-14-18(19(24)22-20(25)21-5-2)15-9-12-17(28-3)13-10-15/h9-10,12-13,16,18H,4-8,11,14H2,1-3H3,(H2,21,22,24,25). The minimum Gasteiger partial charge on any atom is -0.497 e. The maximum Gasteiger partial charge on any atom is 0.321 e. The fraction of sp³-hybridized carbons (Fsp3) is 0.600. The first-order chi connectivity index (χ1) is 13.9. The molecule has 2 atom stereocenters. The molecule has 9 heteroatoms. The van der Waals surface area contributed by atoms with Crippen molar-refractivity contribution in [3.63, 3.8) is 0 Å². The predicted octanol–water partition coefficient (Wildman–Crippen LogP) is 3.42. The number of urea groups is 1. The summed E-state index contributed by atoms with van der Waals surface area (Å²) in [6, 6.07) is 6.11. The smallest absolute Gasteiger partial charge is 0.321 e. The molecule has 2 unspecified atom stereocenters. The minimum atomic E-state index is -2.49. The molecule has 0 saturated carbocycles. The highest BCUT2D eigenvalue weighted by molar-refractivity contribution is 7.61. The summed E-state index contributed by atoms with van der Waals surface area (Å²) in [6.45, 7) is 4.24. The number of hydrogen-bond donors (Lipinski definition) is 2. The van der Waals surface area contributed by atoms with Crippen molar-refractivity contribution in [2.45, 2.75) is 64.3 Å². The van der Waals surface area contributed by atoms with Gasteiger partial charge in [-0.1, -0.05) is 38.3 Å². The summed E-state index contributed by atoms with van der Waals surface area (Å²) in [5.74, 6) is -0.380. The van der Waals surface area contributed by atoms with Crippen molar-refractivity contribution in [3.8, 4) is 5.75 Å². The van der Waals surface area contributed by atoms with E-state index in [0.717, 1.165) is 24.8 Å². The lowest BCUT2D eigenvalue weighted by atomic mass is 9.90. The summed E-state index contributed by atoms with van der Waals surface area (Å²) in [4.78, 5) is 24.5. The first kappa shape index (κ1) is 24.6. The van der Waals surface area contributed by atoms with E-state index >= 15 is 0 Å². The van der Waals surface area contributed by atoms with Crippen LogP contribution in [0.25, 0.3) is 0 Å². The highest BCUT2D eigenvalue weighted by atomic mass is 32.2. The van der Waals surface area contributed by atoms with Crippen molar-refractivity contribution >= 4 is 22.4 Å². The largest absolute Gasteiger partial charge is 0.497 e. The molecule has 162 valence electrons. The molecule has 0 fully saturated rings. The monoisotopic (exact) mass is 425 g/mol. The molecular weight excluding hydrogens is 394 g/mol. The van der Waals surface area contributed by atoms with Crippen LogP contribution in [0.15, 0.2) is 28.6 Å². The molecule has 0 aliphatic rings. The average Bonchev–Trinajstić information content (AvgIpc) is 2.68. The maximum atomic E-state index is 12.7. The van der Waals surface area contributed by atoms with Gasteiger partial charge >= 0.3 is 16.5 Å². The van der Waals surface area contributed by atoms with Gasteiger partial charge in [0.1, 0.15) is 5.75 Å². The molecule has 2 N–H and O–H groups in total. The van der Waals surface area contributed by atoms with Gasteiger partial charge in [0.15, 0.2) is 0 Å². The van der Waals surface area contributed by atoms with Crippen LogP contribution in [0, 0.1) is 0 Å². The summed E-state index contributed by atoms with van der Waals surface area (Å²) >= 11 is 0. The fourth-order valence-corrected chi connectivity index (χ4v) is 3.50. The Balaban J connectivity index is 2.97. The fourth-order valence-electron chi connectivity index (χ4n) is 3.05. The molecule has 1 rings (SSSR count). The molecule has 29 heavy (non-hydrogen) atoms. The van der Waals surface area contributed by atoms with Gasteiger partial charge in [0.2, 0.25) is 5.91 Å². The molecule has 3 amide bonds. The van der Waals surface area contributed by atoms with Gasteiger partial charge in [-0.15, -0.1) is 0 Å². The molecule has 0 spiro atoms. The number of methoxy groups -OCH3 is 1. The van der Waals surface area contributed by atoms with Crippen molar-refractivity contribution < 1.29 is 22.7 Å². The number of carbonyl (C=O) groups excluding carboxylic acids is 2. The Bertz CT molecular complexity index is 770.